The van der Waals surface area contributed by atoms with Crippen molar-refractivity contribution in [1.29, 1.82) is 0 Å². The van der Waals surface area contributed by atoms with Gasteiger partial charge >= 0.3 is 0 Å². The summed E-state index contributed by atoms with van der Waals surface area (Å²) in [5, 5.41) is 13.5. The van der Waals surface area contributed by atoms with E-state index in [0.717, 1.165) is 0 Å². The Morgan fingerprint density at radius 3 is 2.45 bits per heavy atom. The molecule has 0 unspecified atom stereocenters. The number of benzene rings is 3. The van der Waals surface area contributed by atoms with Crippen molar-refractivity contribution < 1.29 is 24.1 Å². The minimum Gasteiger partial charge on any atom is -0.506 e. The molecule has 2 N–H and O–H groups in total. The van der Waals surface area contributed by atoms with E-state index in [4.69, 9.17) is 25.8 Å². The fraction of sp³-hybridized carbons (Fsp3) is 0.120. The Morgan fingerprint density at radius 2 is 1.76 bits per heavy atom. The van der Waals surface area contributed by atoms with E-state index in [1.807, 2.05) is 6.07 Å². The molecule has 1 amide bonds. The largest absolute Gasteiger partial charge is 0.506 e. The molecule has 0 saturated carbocycles. The lowest BCUT2D eigenvalue weighted by molar-refractivity contribution is 0.0955. The zero-order valence-electron chi connectivity index (χ0n) is 18.2. The van der Waals surface area contributed by atoms with Gasteiger partial charge in [-0.2, -0.15) is 5.10 Å². The Hall–Kier alpha value is -4.15. The van der Waals surface area contributed by atoms with Gasteiger partial charge in [-0.1, -0.05) is 23.4 Å². The first-order chi connectivity index (χ1) is 15.9. The zero-order valence-corrected chi connectivity index (χ0v) is 18.9. The van der Waals surface area contributed by atoms with Crippen LogP contribution in [-0.4, -0.2) is 38.6 Å². The zero-order chi connectivity index (χ0) is 23.8. The first kappa shape index (κ1) is 23.5. The molecule has 0 aliphatic rings. The van der Waals surface area contributed by atoms with Crippen molar-refractivity contribution in [2.75, 3.05) is 21.3 Å². The van der Waals surface area contributed by atoms with E-state index in [9.17, 15) is 9.90 Å². The van der Waals surface area contributed by atoms with Crippen LogP contribution in [0.4, 0.5) is 0 Å². The Balaban J connectivity index is 1.80. The molecule has 0 aliphatic heterocycles. The predicted octanol–water partition coefficient (Wildman–Crippen LogP) is 4.24. The highest BCUT2D eigenvalue weighted by atomic mass is 35.5. The highest BCUT2D eigenvalue weighted by Crippen LogP contribution is 2.25. The number of nitrogens with zero attached hydrogens (tertiary/aromatic N) is 1. The van der Waals surface area contributed by atoms with E-state index in [1.54, 1.807) is 51.7 Å². The van der Waals surface area contributed by atoms with Gasteiger partial charge in [-0.15, -0.1) is 0 Å². The lowest BCUT2D eigenvalue weighted by Gasteiger charge is -2.06. The summed E-state index contributed by atoms with van der Waals surface area (Å²) < 4.78 is 15.9. The molecule has 0 saturated heterocycles. The number of phenols is 1. The maximum atomic E-state index is 12.2. The Morgan fingerprint density at radius 1 is 0.970 bits per heavy atom. The molecule has 0 fully saturated rings. The van der Waals surface area contributed by atoms with Gasteiger partial charge in [0, 0.05) is 17.2 Å². The first-order valence-corrected chi connectivity index (χ1v) is 10.1. The summed E-state index contributed by atoms with van der Waals surface area (Å²) in [7, 11) is 4.71. The van der Waals surface area contributed by atoms with Crippen LogP contribution < -0.4 is 19.6 Å². The van der Waals surface area contributed by atoms with Crippen molar-refractivity contribution in [3.05, 3.63) is 81.9 Å². The lowest BCUT2D eigenvalue weighted by Crippen LogP contribution is -2.17. The Bertz CT molecular complexity index is 1260. The second-order valence-corrected chi connectivity index (χ2v) is 7.08. The van der Waals surface area contributed by atoms with Crippen LogP contribution in [-0.2, 0) is 0 Å². The standard InChI is InChI=1S/C25H21ClN2O5/c1-31-20-8-6-18(24(14-20)33-3)5-4-16-10-17(12-21(11-16)32-2)15-27-28-25(30)19-7-9-23(29)22(26)13-19/h6-15,29H,1-3H3,(H,28,30)/b27-15+. The fourth-order valence-electron chi connectivity index (χ4n) is 2.81. The van der Waals surface area contributed by atoms with E-state index in [2.05, 4.69) is 22.4 Å². The predicted molar refractivity (Wildman–Crippen MR) is 127 cm³/mol. The second-order valence-electron chi connectivity index (χ2n) is 6.68. The summed E-state index contributed by atoms with van der Waals surface area (Å²) in [5.74, 6) is 7.46. The monoisotopic (exact) mass is 464 g/mol. The average Bonchev–Trinajstić information content (AvgIpc) is 2.84. The molecule has 3 aromatic carbocycles. The number of halogens is 1. The van der Waals surface area contributed by atoms with Crippen LogP contribution in [0.3, 0.4) is 0 Å². The van der Waals surface area contributed by atoms with Gasteiger partial charge in [0.05, 0.1) is 38.1 Å². The SMILES string of the molecule is COc1cc(C#Cc2ccc(OC)cc2OC)cc(/C=N/NC(=O)c2ccc(O)c(Cl)c2)c1. The molecule has 3 rings (SSSR count). The summed E-state index contributed by atoms with van der Waals surface area (Å²) in [4.78, 5) is 12.2. The Labute approximate surface area is 196 Å². The second kappa shape index (κ2) is 10.9. The normalized spacial score (nSPS) is 10.3. The summed E-state index contributed by atoms with van der Waals surface area (Å²) >= 11 is 5.84. The van der Waals surface area contributed by atoms with Crippen molar-refractivity contribution in [1.82, 2.24) is 5.43 Å². The number of nitrogens with one attached hydrogen (secondary N) is 1. The van der Waals surface area contributed by atoms with Crippen molar-refractivity contribution in [2.45, 2.75) is 0 Å². The minimum absolute atomic E-state index is 0.0798. The van der Waals surface area contributed by atoms with Gasteiger partial charge in [0.1, 0.15) is 23.0 Å². The third-order valence-electron chi connectivity index (χ3n) is 4.50. The molecule has 0 spiro atoms. The van der Waals surface area contributed by atoms with E-state index in [0.29, 0.717) is 33.9 Å². The highest BCUT2D eigenvalue weighted by molar-refractivity contribution is 6.32. The van der Waals surface area contributed by atoms with E-state index in [1.165, 1.54) is 24.4 Å². The van der Waals surface area contributed by atoms with Gasteiger partial charge in [-0.3, -0.25) is 4.79 Å². The molecular weight excluding hydrogens is 444 g/mol. The van der Waals surface area contributed by atoms with Gasteiger partial charge in [0.25, 0.3) is 5.91 Å². The molecule has 0 heterocycles. The molecule has 3 aromatic rings. The van der Waals surface area contributed by atoms with Gasteiger partial charge in [-0.05, 0) is 54.1 Å². The number of methoxy groups -OCH3 is 3. The molecule has 0 radical (unpaired) electrons. The van der Waals surface area contributed by atoms with Crippen molar-refractivity contribution in [2.24, 2.45) is 5.10 Å². The molecule has 168 valence electrons. The molecule has 33 heavy (non-hydrogen) atoms. The van der Waals surface area contributed by atoms with Crippen LogP contribution in [0.25, 0.3) is 0 Å². The summed E-state index contributed by atoms with van der Waals surface area (Å²) in [6.45, 7) is 0. The third-order valence-corrected chi connectivity index (χ3v) is 4.81. The van der Waals surface area contributed by atoms with E-state index < -0.39 is 5.91 Å². The maximum Gasteiger partial charge on any atom is 0.271 e. The number of hydrogen-bond donors (Lipinski definition) is 2. The quantitative estimate of drug-likeness (QED) is 0.323. The number of carbonyl (C=O) groups excluding carboxylic acids is 1. The van der Waals surface area contributed by atoms with Gasteiger partial charge in [0.2, 0.25) is 0 Å². The molecule has 0 atom stereocenters. The Kier molecular flexibility index (Phi) is 7.79. The van der Waals surface area contributed by atoms with Crippen LogP contribution in [0.15, 0.2) is 59.7 Å². The van der Waals surface area contributed by atoms with E-state index in [-0.39, 0.29) is 16.3 Å². The van der Waals surface area contributed by atoms with Crippen molar-refractivity contribution in [3.8, 4) is 34.8 Å². The average molecular weight is 465 g/mol. The third kappa shape index (κ3) is 6.19. The number of carbonyl (C=O) groups is 1. The smallest absolute Gasteiger partial charge is 0.271 e. The number of rotatable bonds is 6. The van der Waals surface area contributed by atoms with Gasteiger partial charge in [0.15, 0.2) is 0 Å². The van der Waals surface area contributed by atoms with E-state index >= 15 is 0 Å². The van der Waals surface area contributed by atoms with Crippen LogP contribution in [0.1, 0.15) is 27.0 Å². The summed E-state index contributed by atoms with van der Waals surface area (Å²) in [6.07, 6.45) is 1.47. The molecular formula is C25H21ClN2O5. The number of phenolic OH excluding ortho intramolecular Hbond substituents is 1. The van der Waals surface area contributed by atoms with Crippen LogP contribution >= 0.6 is 11.6 Å². The molecule has 0 bridgehead atoms. The summed E-state index contributed by atoms with van der Waals surface area (Å²) in [5.41, 5.74) is 4.75. The highest BCUT2D eigenvalue weighted by Gasteiger charge is 2.07. The number of hydrazone groups is 1. The van der Waals surface area contributed by atoms with Crippen LogP contribution in [0.2, 0.25) is 5.02 Å². The molecule has 0 aliphatic carbocycles. The topological polar surface area (TPSA) is 89.4 Å². The first-order valence-electron chi connectivity index (χ1n) is 9.68. The number of amides is 1. The van der Waals surface area contributed by atoms with Crippen molar-refractivity contribution >= 4 is 23.7 Å². The minimum atomic E-state index is -0.470. The number of hydrogen-bond acceptors (Lipinski definition) is 6. The van der Waals surface area contributed by atoms with Crippen LogP contribution in [0.5, 0.6) is 23.0 Å². The molecule has 8 heteroatoms. The molecule has 0 aromatic heterocycles. The number of ether oxygens (including phenoxy) is 3. The maximum absolute atomic E-state index is 12.2. The number of aromatic hydroxyl groups is 1. The fourth-order valence-corrected chi connectivity index (χ4v) is 2.99. The van der Waals surface area contributed by atoms with Crippen LogP contribution in [0, 0.1) is 11.8 Å². The summed E-state index contributed by atoms with van der Waals surface area (Å²) in [6, 6.07) is 14.9. The van der Waals surface area contributed by atoms with Gasteiger partial charge in [-0.25, -0.2) is 5.43 Å². The lowest BCUT2D eigenvalue weighted by atomic mass is 10.1. The van der Waals surface area contributed by atoms with Gasteiger partial charge < -0.3 is 19.3 Å². The van der Waals surface area contributed by atoms with Crippen molar-refractivity contribution in [3.63, 3.8) is 0 Å². The molecule has 7 nitrogen and oxygen atoms in total.